The molecule has 0 rings (SSSR count). The molecule has 0 radical (unpaired) electrons. The SMILES string of the molecule is CCNC(=O)NC(=O)C(C)NCC(O)COC. The van der Waals surface area contributed by atoms with Crippen molar-refractivity contribution in [3.63, 3.8) is 0 Å². The number of amides is 3. The van der Waals surface area contributed by atoms with Gasteiger partial charge in [-0.05, 0) is 13.8 Å². The van der Waals surface area contributed by atoms with E-state index < -0.39 is 24.1 Å². The lowest BCUT2D eigenvalue weighted by Crippen LogP contribution is -2.49. The van der Waals surface area contributed by atoms with E-state index in [0.717, 1.165) is 0 Å². The number of carbonyl (C=O) groups excluding carboxylic acids is 2. The molecule has 0 aromatic heterocycles. The van der Waals surface area contributed by atoms with Gasteiger partial charge in [-0.15, -0.1) is 0 Å². The fourth-order valence-electron chi connectivity index (χ4n) is 1.08. The maximum atomic E-state index is 11.5. The Morgan fingerprint density at radius 2 is 2.06 bits per heavy atom. The number of aliphatic hydroxyl groups is 1. The second-order valence-electron chi connectivity index (χ2n) is 3.59. The number of ether oxygens (including phenoxy) is 1. The topological polar surface area (TPSA) is 99.7 Å². The van der Waals surface area contributed by atoms with E-state index in [4.69, 9.17) is 4.74 Å². The molecule has 7 nitrogen and oxygen atoms in total. The first-order valence-corrected chi connectivity index (χ1v) is 5.50. The predicted octanol–water partition coefficient (Wildman–Crippen LogP) is -1.18. The summed E-state index contributed by atoms with van der Waals surface area (Å²) in [6.07, 6.45) is -0.681. The lowest BCUT2D eigenvalue weighted by molar-refractivity contribution is -0.121. The van der Waals surface area contributed by atoms with Crippen molar-refractivity contribution < 1.29 is 19.4 Å². The molecule has 0 fully saturated rings. The Hall–Kier alpha value is -1.18. The number of aliphatic hydroxyl groups excluding tert-OH is 1. The second kappa shape index (κ2) is 8.91. The number of hydrogen-bond donors (Lipinski definition) is 4. The first-order chi connectivity index (χ1) is 8.01. The molecule has 7 heteroatoms. The van der Waals surface area contributed by atoms with Crippen LogP contribution in [0.4, 0.5) is 4.79 Å². The number of nitrogens with one attached hydrogen (secondary N) is 3. The summed E-state index contributed by atoms with van der Waals surface area (Å²) in [6.45, 7) is 4.23. The zero-order valence-corrected chi connectivity index (χ0v) is 10.4. The van der Waals surface area contributed by atoms with Crippen LogP contribution in [0.15, 0.2) is 0 Å². The quantitative estimate of drug-likeness (QED) is 0.454. The van der Waals surface area contributed by atoms with Crippen molar-refractivity contribution in [1.82, 2.24) is 16.0 Å². The summed E-state index contributed by atoms with van der Waals surface area (Å²) >= 11 is 0. The minimum Gasteiger partial charge on any atom is -0.389 e. The van der Waals surface area contributed by atoms with Gasteiger partial charge in [-0.25, -0.2) is 4.79 Å². The van der Waals surface area contributed by atoms with Gasteiger partial charge in [0.25, 0.3) is 0 Å². The number of rotatable bonds is 7. The summed E-state index contributed by atoms with van der Waals surface area (Å²) in [5.41, 5.74) is 0. The summed E-state index contributed by atoms with van der Waals surface area (Å²) in [5, 5.41) is 16.8. The van der Waals surface area contributed by atoms with E-state index in [0.29, 0.717) is 6.54 Å². The molecule has 0 aliphatic rings. The van der Waals surface area contributed by atoms with Crippen LogP contribution >= 0.6 is 0 Å². The van der Waals surface area contributed by atoms with Crippen molar-refractivity contribution in [2.45, 2.75) is 26.0 Å². The van der Waals surface area contributed by atoms with Crippen LogP contribution in [0.25, 0.3) is 0 Å². The molecule has 0 saturated heterocycles. The molecule has 4 N–H and O–H groups in total. The minimum absolute atomic E-state index is 0.192. The van der Waals surface area contributed by atoms with Gasteiger partial charge in [0.05, 0.1) is 18.8 Å². The highest BCUT2D eigenvalue weighted by Crippen LogP contribution is 1.86. The monoisotopic (exact) mass is 247 g/mol. The van der Waals surface area contributed by atoms with Crippen LogP contribution < -0.4 is 16.0 Å². The lowest BCUT2D eigenvalue weighted by Gasteiger charge is -2.16. The number of imide groups is 1. The number of urea groups is 1. The van der Waals surface area contributed by atoms with E-state index in [9.17, 15) is 14.7 Å². The summed E-state index contributed by atoms with van der Waals surface area (Å²) in [5.74, 6) is -0.444. The third-order valence-electron chi connectivity index (χ3n) is 1.99. The van der Waals surface area contributed by atoms with Crippen molar-refractivity contribution in [2.24, 2.45) is 0 Å². The largest absolute Gasteiger partial charge is 0.389 e. The molecular weight excluding hydrogens is 226 g/mol. The molecule has 0 aromatic carbocycles. The van der Waals surface area contributed by atoms with Crippen LogP contribution in [0.3, 0.4) is 0 Å². The highest BCUT2D eigenvalue weighted by molar-refractivity contribution is 5.96. The summed E-state index contributed by atoms with van der Waals surface area (Å²) < 4.78 is 4.74. The Morgan fingerprint density at radius 1 is 1.41 bits per heavy atom. The Bertz CT molecular complexity index is 248. The average Bonchev–Trinajstić information content (AvgIpc) is 2.26. The first kappa shape index (κ1) is 15.8. The third-order valence-corrected chi connectivity index (χ3v) is 1.99. The van der Waals surface area contributed by atoms with E-state index in [1.165, 1.54) is 7.11 Å². The first-order valence-electron chi connectivity index (χ1n) is 5.50. The van der Waals surface area contributed by atoms with Crippen LogP contribution in [-0.2, 0) is 9.53 Å². The Morgan fingerprint density at radius 3 is 2.59 bits per heavy atom. The Balaban J connectivity index is 3.85. The van der Waals surface area contributed by atoms with Gasteiger partial charge in [0.1, 0.15) is 0 Å². The van der Waals surface area contributed by atoms with E-state index in [2.05, 4.69) is 16.0 Å². The average molecular weight is 247 g/mol. The normalized spacial score (nSPS) is 13.9. The molecule has 0 spiro atoms. The minimum atomic E-state index is -0.681. The van der Waals surface area contributed by atoms with E-state index >= 15 is 0 Å². The van der Waals surface area contributed by atoms with Crippen LogP contribution in [0, 0.1) is 0 Å². The predicted molar refractivity (Wildman–Crippen MR) is 62.6 cm³/mol. The molecule has 100 valence electrons. The number of carbonyl (C=O) groups is 2. The van der Waals surface area contributed by atoms with Gasteiger partial charge >= 0.3 is 6.03 Å². The summed E-state index contributed by atoms with van der Waals surface area (Å²) in [6, 6.07) is -1.09. The van der Waals surface area contributed by atoms with Gasteiger partial charge in [0.2, 0.25) is 5.91 Å². The highest BCUT2D eigenvalue weighted by Gasteiger charge is 2.15. The molecule has 17 heavy (non-hydrogen) atoms. The Labute approximate surface area is 101 Å². The van der Waals surface area contributed by atoms with Gasteiger partial charge in [-0.3, -0.25) is 10.1 Å². The van der Waals surface area contributed by atoms with Crippen LogP contribution in [-0.4, -0.2) is 56.0 Å². The van der Waals surface area contributed by atoms with Crippen molar-refractivity contribution in [1.29, 1.82) is 0 Å². The summed E-state index contributed by atoms with van der Waals surface area (Å²) in [4.78, 5) is 22.5. The molecule has 0 aliphatic heterocycles. The number of methoxy groups -OCH3 is 1. The van der Waals surface area contributed by atoms with Crippen molar-refractivity contribution in [3.05, 3.63) is 0 Å². The molecule has 0 saturated carbocycles. The summed E-state index contributed by atoms with van der Waals surface area (Å²) in [7, 11) is 1.48. The van der Waals surface area contributed by atoms with E-state index in [-0.39, 0.29) is 13.2 Å². The van der Waals surface area contributed by atoms with Crippen molar-refractivity contribution in [3.8, 4) is 0 Å². The fraction of sp³-hybridized carbons (Fsp3) is 0.800. The van der Waals surface area contributed by atoms with Crippen LogP contribution in [0.5, 0.6) is 0 Å². The fourth-order valence-corrected chi connectivity index (χ4v) is 1.08. The van der Waals surface area contributed by atoms with Gasteiger partial charge in [0.15, 0.2) is 0 Å². The molecular formula is C10H21N3O4. The van der Waals surface area contributed by atoms with Crippen molar-refractivity contribution in [2.75, 3.05) is 26.8 Å². The van der Waals surface area contributed by atoms with Gasteiger partial charge in [-0.1, -0.05) is 0 Å². The second-order valence-corrected chi connectivity index (χ2v) is 3.59. The third kappa shape index (κ3) is 7.67. The van der Waals surface area contributed by atoms with Gasteiger partial charge < -0.3 is 20.5 Å². The van der Waals surface area contributed by atoms with Crippen LogP contribution in [0.2, 0.25) is 0 Å². The smallest absolute Gasteiger partial charge is 0.321 e. The molecule has 0 heterocycles. The standard InChI is InChI=1S/C10H21N3O4/c1-4-11-10(16)13-9(15)7(2)12-5-8(14)6-17-3/h7-8,12,14H,4-6H2,1-3H3,(H2,11,13,15,16). The Kier molecular flexibility index (Phi) is 8.29. The van der Waals surface area contributed by atoms with E-state index in [1.54, 1.807) is 13.8 Å². The molecule has 0 aromatic rings. The van der Waals surface area contributed by atoms with E-state index in [1.807, 2.05) is 0 Å². The molecule has 3 amide bonds. The number of hydrogen-bond acceptors (Lipinski definition) is 5. The highest BCUT2D eigenvalue weighted by atomic mass is 16.5. The van der Waals surface area contributed by atoms with Gasteiger partial charge in [-0.2, -0.15) is 0 Å². The van der Waals surface area contributed by atoms with Crippen molar-refractivity contribution >= 4 is 11.9 Å². The molecule has 2 unspecified atom stereocenters. The maximum absolute atomic E-state index is 11.5. The molecule has 2 atom stereocenters. The molecule has 0 bridgehead atoms. The van der Waals surface area contributed by atoms with Gasteiger partial charge in [0, 0.05) is 20.2 Å². The zero-order valence-electron chi connectivity index (χ0n) is 10.4. The van der Waals surface area contributed by atoms with Crippen LogP contribution in [0.1, 0.15) is 13.8 Å². The molecule has 0 aliphatic carbocycles. The lowest BCUT2D eigenvalue weighted by atomic mass is 10.3. The maximum Gasteiger partial charge on any atom is 0.321 e. The zero-order chi connectivity index (χ0) is 13.3.